The van der Waals surface area contributed by atoms with E-state index in [-0.39, 0.29) is 16.9 Å². The van der Waals surface area contributed by atoms with E-state index in [9.17, 15) is 9.59 Å². The largest absolute Gasteiger partial charge is 0.494 e. The molecule has 22 heavy (non-hydrogen) atoms. The van der Waals surface area contributed by atoms with Crippen molar-refractivity contribution in [3.05, 3.63) is 39.8 Å². The molecular formula is C14H17N3O5. The predicted molar refractivity (Wildman–Crippen MR) is 78.3 cm³/mol. The number of carbonyl (C=O) groups is 2. The average molecular weight is 307 g/mol. The highest BCUT2D eigenvalue weighted by molar-refractivity contribution is 5.94. The zero-order chi connectivity index (χ0) is 16.4. The maximum absolute atomic E-state index is 10.9. The van der Waals surface area contributed by atoms with Crippen LogP contribution in [0.4, 0.5) is 0 Å². The Balaban J connectivity index is 2.46. The first-order chi connectivity index (χ1) is 10.5. The van der Waals surface area contributed by atoms with Crippen LogP contribution in [-0.2, 0) is 0 Å². The van der Waals surface area contributed by atoms with Crippen LogP contribution in [0.25, 0.3) is 10.4 Å². The Hall–Kier alpha value is -2.73. The monoisotopic (exact) mass is 307 g/mol. The maximum atomic E-state index is 10.9. The van der Waals surface area contributed by atoms with Crippen LogP contribution in [0.15, 0.2) is 23.3 Å². The minimum atomic E-state index is -1.20. The second-order valence-electron chi connectivity index (χ2n) is 4.57. The molecule has 8 heteroatoms. The van der Waals surface area contributed by atoms with Crippen LogP contribution in [0.2, 0.25) is 0 Å². The van der Waals surface area contributed by atoms with Gasteiger partial charge in [0, 0.05) is 11.5 Å². The van der Waals surface area contributed by atoms with Gasteiger partial charge in [0.15, 0.2) is 0 Å². The molecule has 1 aromatic rings. The number of ether oxygens (including phenoxy) is 1. The van der Waals surface area contributed by atoms with Gasteiger partial charge in [-0.3, -0.25) is 0 Å². The quantitative estimate of drug-likeness (QED) is 0.296. The molecule has 0 heterocycles. The van der Waals surface area contributed by atoms with Crippen LogP contribution in [0.5, 0.6) is 5.75 Å². The summed E-state index contributed by atoms with van der Waals surface area (Å²) in [6.07, 6.45) is 3.33. The zero-order valence-corrected chi connectivity index (χ0v) is 11.9. The maximum Gasteiger partial charge on any atom is 0.335 e. The molecule has 1 rings (SSSR count). The summed E-state index contributed by atoms with van der Waals surface area (Å²) in [5, 5.41) is 21.3. The Labute approximate surface area is 127 Å². The van der Waals surface area contributed by atoms with Crippen molar-refractivity contribution in [2.24, 2.45) is 5.11 Å². The first-order valence-electron chi connectivity index (χ1n) is 6.80. The number of azide groups is 1. The predicted octanol–water partition coefficient (Wildman–Crippen LogP) is 3.33. The van der Waals surface area contributed by atoms with Gasteiger partial charge in [-0.15, -0.1) is 0 Å². The number of aromatic carboxylic acids is 2. The molecule has 0 amide bonds. The fourth-order valence-electron chi connectivity index (χ4n) is 1.80. The number of unbranched alkanes of at least 4 members (excludes halogenated alkanes) is 3. The van der Waals surface area contributed by atoms with Crippen LogP contribution in [0.3, 0.4) is 0 Å². The van der Waals surface area contributed by atoms with Gasteiger partial charge in [-0.2, -0.15) is 0 Å². The first-order valence-corrected chi connectivity index (χ1v) is 6.80. The normalized spacial score (nSPS) is 9.82. The number of carboxylic acids is 2. The summed E-state index contributed by atoms with van der Waals surface area (Å²) in [6.45, 7) is 0.837. The van der Waals surface area contributed by atoms with Crippen molar-refractivity contribution in [1.82, 2.24) is 0 Å². The first kappa shape index (κ1) is 17.3. The minimum absolute atomic E-state index is 0.121. The lowest BCUT2D eigenvalue weighted by molar-refractivity contribution is 0.0696. The molecule has 1 aromatic carbocycles. The van der Waals surface area contributed by atoms with Crippen LogP contribution in [-0.4, -0.2) is 35.3 Å². The number of rotatable bonds is 10. The van der Waals surface area contributed by atoms with Crippen molar-refractivity contribution in [3.8, 4) is 5.75 Å². The molecule has 0 fully saturated rings. The van der Waals surface area contributed by atoms with E-state index in [4.69, 9.17) is 20.5 Å². The molecular weight excluding hydrogens is 290 g/mol. The lowest BCUT2D eigenvalue weighted by atomic mass is 10.1. The third kappa shape index (κ3) is 6.15. The average Bonchev–Trinajstić information content (AvgIpc) is 2.49. The van der Waals surface area contributed by atoms with Gasteiger partial charge in [0.1, 0.15) is 5.75 Å². The molecule has 0 spiro atoms. The summed E-state index contributed by atoms with van der Waals surface area (Å²) in [7, 11) is 0. The van der Waals surface area contributed by atoms with Gasteiger partial charge in [0.25, 0.3) is 0 Å². The molecule has 0 bridgehead atoms. The summed E-state index contributed by atoms with van der Waals surface area (Å²) in [5.74, 6) is -2.18. The van der Waals surface area contributed by atoms with E-state index in [1.165, 1.54) is 12.1 Å². The van der Waals surface area contributed by atoms with Crippen LogP contribution < -0.4 is 4.74 Å². The van der Waals surface area contributed by atoms with E-state index >= 15 is 0 Å². The second kappa shape index (κ2) is 9.25. The Morgan fingerprint density at radius 1 is 1.05 bits per heavy atom. The van der Waals surface area contributed by atoms with Gasteiger partial charge in [0.2, 0.25) is 0 Å². The van der Waals surface area contributed by atoms with E-state index in [2.05, 4.69) is 10.0 Å². The topological polar surface area (TPSA) is 133 Å². The second-order valence-corrected chi connectivity index (χ2v) is 4.57. The number of benzene rings is 1. The molecule has 0 unspecified atom stereocenters. The fourth-order valence-corrected chi connectivity index (χ4v) is 1.80. The van der Waals surface area contributed by atoms with Crippen molar-refractivity contribution in [3.63, 3.8) is 0 Å². The molecule has 2 N–H and O–H groups in total. The summed E-state index contributed by atoms with van der Waals surface area (Å²) in [5.41, 5.74) is 7.87. The van der Waals surface area contributed by atoms with Crippen LogP contribution in [0.1, 0.15) is 46.4 Å². The molecule has 0 aliphatic carbocycles. The van der Waals surface area contributed by atoms with Crippen LogP contribution in [0, 0.1) is 0 Å². The number of carboxylic acid groups (broad SMARTS) is 2. The van der Waals surface area contributed by atoms with Gasteiger partial charge >= 0.3 is 11.9 Å². The zero-order valence-electron chi connectivity index (χ0n) is 11.9. The van der Waals surface area contributed by atoms with E-state index in [0.717, 1.165) is 31.7 Å². The van der Waals surface area contributed by atoms with Gasteiger partial charge < -0.3 is 14.9 Å². The molecule has 0 aliphatic heterocycles. The Bertz CT molecular complexity index is 550. The van der Waals surface area contributed by atoms with Crippen molar-refractivity contribution >= 4 is 11.9 Å². The third-order valence-corrected chi connectivity index (χ3v) is 2.88. The Kier molecular flexibility index (Phi) is 7.28. The fraction of sp³-hybridized carbons (Fsp3) is 0.429. The van der Waals surface area contributed by atoms with E-state index in [1.807, 2.05) is 0 Å². The molecule has 0 saturated heterocycles. The molecule has 0 aliphatic rings. The molecule has 0 atom stereocenters. The van der Waals surface area contributed by atoms with Crippen molar-refractivity contribution < 1.29 is 24.5 Å². The number of hydrogen-bond acceptors (Lipinski definition) is 4. The van der Waals surface area contributed by atoms with Gasteiger partial charge in [-0.25, -0.2) is 9.59 Å². The highest BCUT2D eigenvalue weighted by Gasteiger charge is 2.12. The molecule has 8 nitrogen and oxygen atoms in total. The van der Waals surface area contributed by atoms with E-state index < -0.39 is 11.9 Å². The van der Waals surface area contributed by atoms with Crippen molar-refractivity contribution in [2.45, 2.75) is 25.7 Å². The molecule has 0 aromatic heterocycles. The summed E-state index contributed by atoms with van der Waals surface area (Å²) in [4.78, 5) is 24.6. The van der Waals surface area contributed by atoms with Gasteiger partial charge in [-0.05, 0) is 36.6 Å². The third-order valence-electron chi connectivity index (χ3n) is 2.88. The summed E-state index contributed by atoms with van der Waals surface area (Å²) >= 11 is 0. The number of nitrogens with zero attached hydrogens (tertiary/aromatic N) is 3. The highest BCUT2D eigenvalue weighted by Crippen LogP contribution is 2.18. The van der Waals surface area contributed by atoms with Crippen molar-refractivity contribution in [2.75, 3.05) is 13.2 Å². The van der Waals surface area contributed by atoms with Gasteiger partial charge in [0.05, 0.1) is 17.7 Å². The summed E-state index contributed by atoms with van der Waals surface area (Å²) < 4.78 is 5.41. The minimum Gasteiger partial charge on any atom is -0.494 e. The highest BCUT2D eigenvalue weighted by atomic mass is 16.5. The molecule has 0 saturated carbocycles. The van der Waals surface area contributed by atoms with Gasteiger partial charge in [-0.1, -0.05) is 18.0 Å². The Morgan fingerprint density at radius 2 is 1.64 bits per heavy atom. The number of hydrogen-bond donors (Lipinski definition) is 2. The van der Waals surface area contributed by atoms with Crippen molar-refractivity contribution in [1.29, 1.82) is 0 Å². The smallest absolute Gasteiger partial charge is 0.335 e. The lowest BCUT2D eigenvalue weighted by Crippen LogP contribution is -2.05. The molecule has 0 radical (unpaired) electrons. The summed E-state index contributed by atoms with van der Waals surface area (Å²) in [6, 6.07) is 3.69. The van der Waals surface area contributed by atoms with Crippen LogP contribution >= 0.6 is 0 Å². The van der Waals surface area contributed by atoms with E-state index in [1.54, 1.807) is 0 Å². The Morgan fingerprint density at radius 3 is 2.18 bits per heavy atom. The standard InChI is InChI=1S/C14H17N3O5/c15-17-16-5-3-1-2-4-6-22-12-8-10(13(18)19)7-11(9-12)14(20)21/h7-9H,1-6H2,(H,18,19)(H,20,21). The molecule has 118 valence electrons. The van der Waals surface area contributed by atoms with E-state index in [0.29, 0.717) is 13.2 Å². The SMILES string of the molecule is [N-]=[N+]=NCCCCCCOc1cc(C(=O)O)cc(C(=O)O)c1. The lowest BCUT2D eigenvalue weighted by Gasteiger charge is -2.08.